The quantitative estimate of drug-likeness (QED) is 0.587. The van der Waals surface area contributed by atoms with Crippen molar-refractivity contribution in [3.63, 3.8) is 0 Å². The second kappa shape index (κ2) is 8.07. The third-order valence-electron chi connectivity index (χ3n) is 3.72. The van der Waals surface area contributed by atoms with E-state index in [1.807, 2.05) is 30.3 Å². The van der Waals surface area contributed by atoms with Crippen LogP contribution >= 0.6 is 34.3 Å². The van der Waals surface area contributed by atoms with Crippen LogP contribution in [-0.4, -0.2) is 37.1 Å². The highest BCUT2D eigenvalue weighted by atomic mass is 35.5. The molecule has 2 aromatic heterocycles. The van der Waals surface area contributed by atoms with Crippen molar-refractivity contribution >= 4 is 40.2 Å². The topological polar surface area (TPSA) is 51.7 Å². The van der Waals surface area contributed by atoms with Crippen molar-refractivity contribution in [1.29, 1.82) is 0 Å². The molecule has 1 amide bonds. The van der Waals surface area contributed by atoms with Crippen LogP contribution in [0.3, 0.4) is 0 Å². The number of hydrogen-bond donors (Lipinski definition) is 0. The van der Waals surface area contributed by atoms with Crippen molar-refractivity contribution in [3.8, 4) is 22.1 Å². The molecule has 26 heavy (non-hydrogen) atoms. The van der Waals surface area contributed by atoms with E-state index in [1.165, 1.54) is 22.7 Å². The summed E-state index contributed by atoms with van der Waals surface area (Å²) in [6, 6.07) is 9.32. The van der Waals surface area contributed by atoms with Gasteiger partial charge in [-0.3, -0.25) is 4.79 Å². The van der Waals surface area contributed by atoms with Crippen molar-refractivity contribution in [3.05, 3.63) is 50.6 Å². The van der Waals surface area contributed by atoms with Crippen LogP contribution in [0.25, 0.3) is 10.6 Å². The number of aromatic nitrogens is 1. The molecule has 3 aromatic rings. The maximum atomic E-state index is 12.6. The van der Waals surface area contributed by atoms with Gasteiger partial charge in [0.05, 0.1) is 25.1 Å². The van der Waals surface area contributed by atoms with E-state index in [4.69, 9.17) is 21.1 Å². The number of amides is 1. The molecule has 0 radical (unpaired) electrons. The third kappa shape index (κ3) is 4.00. The molecule has 0 saturated heterocycles. The number of rotatable bonds is 6. The van der Waals surface area contributed by atoms with Gasteiger partial charge in [-0.25, -0.2) is 4.98 Å². The van der Waals surface area contributed by atoms with Crippen molar-refractivity contribution in [1.82, 2.24) is 9.88 Å². The SMILES string of the molecule is COc1ccc(-c2nc(C(=O)N(C)Cc3ccc(Cl)s3)cs2)cc1OC. The molecule has 0 saturated carbocycles. The number of carbonyl (C=O) groups is 1. The van der Waals surface area contributed by atoms with Gasteiger partial charge in [0, 0.05) is 22.9 Å². The third-order valence-corrected chi connectivity index (χ3v) is 5.83. The lowest BCUT2D eigenvalue weighted by Gasteiger charge is -2.14. The van der Waals surface area contributed by atoms with Gasteiger partial charge in [-0.1, -0.05) is 11.6 Å². The Hall–Kier alpha value is -2.09. The summed E-state index contributed by atoms with van der Waals surface area (Å²) in [5.41, 5.74) is 1.30. The molecule has 3 rings (SSSR count). The molecule has 0 spiro atoms. The zero-order valence-corrected chi connectivity index (χ0v) is 16.9. The van der Waals surface area contributed by atoms with E-state index in [9.17, 15) is 4.79 Å². The van der Waals surface area contributed by atoms with E-state index < -0.39 is 0 Å². The fraction of sp³-hybridized carbons (Fsp3) is 0.222. The van der Waals surface area contributed by atoms with Gasteiger partial charge in [-0.15, -0.1) is 22.7 Å². The Kier molecular flexibility index (Phi) is 5.80. The Balaban J connectivity index is 1.77. The van der Waals surface area contributed by atoms with Gasteiger partial charge in [0.2, 0.25) is 0 Å². The molecule has 136 valence electrons. The summed E-state index contributed by atoms with van der Waals surface area (Å²) in [6.07, 6.45) is 0. The maximum absolute atomic E-state index is 12.6. The van der Waals surface area contributed by atoms with E-state index in [-0.39, 0.29) is 5.91 Å². The first-order valence-corrected chi connectivity index (χ1v) is 9.77. The second-order valence-electron chi connectivity index (χ2n) is 5.47. The fourth-order valence-corrected chi connectivity index (χ4v) is 4.34. The van der Waals surface area contributed by atoms with Crippen molar-refractivity contribution in [2.75, 3.05) is 21.3 Å². The average molecular weight is 409 g/mol. The molecule has 0 atom stereocenters. The molecule has 0 N–H and O–H groups in total. The van der Waals surface area contributed by atoms with E-state index in [1.54, 1.807) is 31.5 Å². The summed E-state index contributed by atoms with van der Waals surface area (Å²) in [5.74, 6) is 1.15. The Morgan fingerprint density at radius 2 is 1.96 bits per heavy atom. The Morgan fingerprint density at radius 1 is 1.19 bits per heavy atom. The van der Waals surface area contributed by atoms with Gasteiger partial charge in [0.1, 0.15) is 10.7 Å². The number of ether oxygens (including phenoxy) is 2. The lowest BCUT2D eigenvalue weighted by Crippen LogP contribution is -2.26. The number of hydrogen-bond acceptors (Lipinski definition) is 6. The summed E-state index contributed by atoms with van der Waals surface area (Å²) >= 11 is 8.83. The molecule has 0 aliphatic heterocycles. The zero-order chi connectivity index (χ0) is 18.7. The monoisotopic (exact) mass is 408 g/mol. The molecule has 0 aliphatic carbocycles. The standard InChI is InChI=1S/C18H17ClN2O3S2/c1-21(9-12-5-7-16(19)26-12)18(22)13-10-25-17(20-13)11-4-6-14(23-2)15(8-11)24-3/h4-8,10H,9H2,1-3H3. The molecular formula is C18H17ClN2O3S2. The number of benzene rings is 1. The van der Waals surface area contributed by atoms with E-state index in [2.05, 4.69) is 4.98 Å². The molecule has 2 heterocycles. The minimum absolute atomic E-state index is 0.127. The number of halogens is 1. The minimum atomic E-state index is -0.127. The molecule has 8 heteroatoms. The highest BCUT2D eigenvalue weighted by Crippen LogP contribution is 2.33. The lowest BCUT2D eigenvalue weighted by molar-refractivity contribution is 0.0781. The van der Waals surface area contributed by atoms with E-state index >= 15 is 0 Å². The summed E-state index contributed by atoms with van der Waals surface area (Å²) in [7, 11) is 4.93. The lowest BCUT2D eigenvalue weighted by atomic mass is 10.2. The summed E-state index contributed by atoms with van der Waals surface area (Å²) in [5, 5.41) is 2.52. The Labute approximate surface area is 164 Å². The number of carbonyl (C=O) groups excluding carboxylic acids is 1. The van der Waals surface area contributed by atoms with Crippen LogP contribution in [0.15, 0.2) is 35.7 Å². The predicted molar refractivity (Wildman–Crippen MR) is 106 cm³/mol. The van der Waals surface area contributed by atoms with Crippen LogP contribution in [0.4, 0.5) is 0 Å². The molecule has 5 nitrogen and oxygen atoms in total. The molecule has 0 unspecified atom stereocenters. The molecule has 0 fully saturated rings. The Morgan fingerprint density at radius 3 is 2.62 bits per heavy atom. The number of methoxy groups -OCH3 is 2. The van der Waals surface area contributed by atoms with Gasteiger partial charge in [0.15, 0.2) is 11.5 Å². The normalized spacial score (nSPS) is 10.6. The summed E-state index contributed by atoms with van der Waals surface area (Å²) in [4.78, 5) is 19.8. The average Bonchev–Trinajstić information content (AvgIpc) is 3.29. The summed E-state index contributed by atoms with van der Waals surface area (Å²) < 4.78 is 11.3. The van der Waals surface area contributed by atoms with Crippen LogP contribution in [0, 0.1) is 0 Å². The van der Waals surface area contributed by atoms with E-state index in [0.717, 1.165) is 15.4 Å². The highest BCUT2D eigenvalue weighted by molar-refractivity contribution is 7.16. The Bertz CT molecular complexity index is 923. The van der Waals surface area contributed by atoms with Crippen molar-refractivity contribution < 1.29 is 14.3 Å². The predicted octanol–water partition coefficient (Wildman–Crippen LogP) is 4.81. The van der Waals surface area contributed by atoms with Gasteiger partial charge >= 0.3 is 0 Å². The van der Waals surface area contributed by atoms with Crippen LogP contribution in [-0.2, 0) is 6.54 Å². The number of thiazole rings is 1. The summed E-state index contributed by atoms with van der Waals surface area (Å²) in [6.45, 7) is 0.499. The van der Waals surface area contributed by atoms with Crippen LogP contribution in [0.1, 0.15) is 15.4 Å². The molecular weight excluding hydrogens is 392 g/mol. The smallest absolute Gasteiger partial charge is 0.273 e. The van der Waals surface area contributed by atoms with E-state index in [0.29, 0.717) is 28.1 Å². The van der Waals surface area contributed by atoms with Crippen molar-refractivity contribution in [2.45, 2.75) is 6.54 Å². The molecule has 0 aliphatic rings. The largest absolute Gasteiger partial charge is 0.493 e. The maximum Gasteiger partial charge on any atom is 0.273 e. The van der Waals surface area contributed by atoms with Crippen molar-refractivity contribution in [2.24, 2.45) is 0 Å². The second-order valence-corrected chi connectivity index (χ2v) is 8.13. The number of nitrogens with zero attached hydrogens (tertiary/aromatic N) is 2. The van der Waals surface area contributed by atoms with Gasteiger partial charge in [0.25, 0.3) is 5.91 Å². The van der Waals surface area contributed by atoms with Gasteiger partial charge in [-0.05, 0) is 30.3 Å². The van der Waals surface area contributed by atoms with Gasteiger partial charge in [-0.2, -0.15) is 0 Å². The zero-order valence-electron chi connectivity index (χ0n) is 14.5. The van der Waals surface area contributed by atoms with Crippen LogP contribution < -0.4 is 9.47 Å². The van der Waals surface area contributed by atoms with Crippen LogP contribution in [0.2, 0.25) is 4.34 Å². The first kappa shape index (κ1) is 18.7. The minimum Gasteiger partial charge on any atom is -0.493 e. The first-order chi connectivity index (χ1) is 12.5. The van der Waals surface area contributed by atoms with Gasteiger partial charge < -0.3 is 14.4 Å². The first-order valence-electron chi connectivity index (χ1n) is 7.69. The fourth-order valence-electron chi connectivity index (χ4n) is 2.41. The number of thiophene rings is 1. The molecule has 0 bridgehead atoms. The highest BCUT2D eigenvalue weighted by Gasteiger charge is 2.18. The van der Waals surface area contributed by atoms with Crippen LogP contribution in [0.5, 0.6) is 11.5 Å². The molecule has 1 aromatic carbocycles.